The lowest BCUT2D eigenvalue weighted by molar-refractivity contribution is -0.156. The second-order valence-electron chi connectivity index (χ2n) is 13.1. The van der Waals surface area contributed by atoms with Crippen LogP contribution in [0.25, 0.3) is 0 Å². The average Bonchev–Trinajstić information content (AvgIpc) is 3.05. The Morgan fingerprint density at radius 1 is 0.900 bits per heavy atom. The molecule has 0 amide bonds. The van der Waals surface area contributed by atoms with E-state index < -0.39 is 0 Å². The Kier molecular flexibility index (Phi) is 6.51. The van der Waals surface area contributed by atoms with Crippen LogP contribution >= 0.6 is 0 Å². The fourth-order valence-corrected chi connectivity index (χ4v) is 9.62. The molecular formula is C29H50O. The summed E-state index contributed by atoms with van der Waals surface area (Å²) in [5.41, 5.74) is 0.890. The van der Waals surface area contributed by atoms with Crippen molar-refractivity contribution < 1.29 is 4.79 Å². The molecule has 0 aromatic rings. The van der Waals surface area contributed by atoms with E-state index in [1.54, 1.807) is 0 Å². The SMILES string of the molecule is CCC(CCC(C)C1CCC2C3C(=O)CC4CCCCC4(C)C3CCC12C)C(C)C. The van der Waals surface area contributed by atoms with Crippen LogP contribution in [0.5, 0.6) is 0 Å². The molecule has 4 fully saturated rings. The van der Waals surface area contributed by atoms with E-state index in [0.717, 1.165) is 30.1 Å². The zero-order valence-corrected chi connectivity index (χ0v) is 21.0. The van der Waals surface area contributed by atoms with Gasteiger partial charge in [0.2, 0.25) is 0 Å². The quantitative estimate of drug-likeness (QED) is 0.427. The highest BCUT2D eigenvalue weighted by Crippen LogP contribution is 2.67. The number of fused-ring (bicyclic) bond motifs is 5. The zero-order chi connectivity index (χ0) is 21.7. The second-order valence-corrected chi connectivity index (χ2v) is 13.1. The van der Waals surface area contributed by atoms with Gasteiger partial charge < -0.3 is 0 Å². The number of carbonyl (C=O) groups is 1. The number of hydrogen-bond acceptors (Lipinski definition) is 1. The van der Waals surface area contributed by atoms with E-state index >= 15 is 0 Å². The molecule has 0 aromatic carbocycles. The molecule has 1 heteroatoms. The maximum absolute atomic E-state index is 13.5. The lowest BCUT2D eigenvalue weighted by Crippen LogP contribution is -2.56. The minimum absolute atomic E-state index is 0.402. The third-order valence-corrected chi connectivity index (χ3v) is 11.6. The van der Waals surface area contributed by atoms with Crippen molar-refractivity contribution in [3.63, 3.8) is 0 Å². The molecule has 4 rings (SSSR count). The molecule has 9 unspecified atom stereocenters. The molecule has 0 saturated heterocycles. The van der Waals surface area contributed by atoms with Crippen molar-refractivity contribution in [1.29, 1.82) is 0 Å². The van der Waals surface area contributed by atoms with Crippen LogP contribution in [0.15, 0.2) is 0 Å². The first-order chi connectivity index (χ1) is 14.2. The van der Waals surface area contributed by atoms with Gasteiger partial charge in [-0.2, -0.15) is 0 Å². The van der Waals surface area contributed by atoms with Crippen LogP contribution in [-0.4, -0.2) is 5.78 Å². The summed E-state index contributed by atoms with van der Waals surface area (Å²) in [5.74, 6) is 6.52. The van der Waals surface area contributed by atoms with Crippen LogP contribution in [0.3, 0.4) is 0 Å². The van der Waals surface area contributed by atoms with Crippen molar-refractivity contribution in [1.82, 2.24) is 0 Å². The van der Waals surface area contributed by atoms with Gasteiger partial charge in [0.15, 0.2) is 0 Å². The second kappa shape index (κ2) is 8.55. The van der Waals surface area contributed by atoms with Gasteiger partial charge in [-0.3, -0.25) is 4.79 Å². The number of Topliss-reactive ketones (excluding diaryl/α,β-unsaturated/α-hetero) is 1. The van der Waals surface area contributed by atoms with Crippen molar-refractivity contribution >= 4 is 5.78 Å². The molecule has 0 aromatic heterocycles. The maximum Gasteiger partial charge on any atom is 0.136 e. The lowest BCUT2D eigenvalue weighted by atomic mass is 9.44. The van der Waals surface area contributed by atoms with E-state index in [1.165, 1.54) is 70.6 Å². The Balaban J connectivity index is 1.50. The first-order valence-corrected chi connectivity index (χ1v) is 13.7. The summed E-state index contributed by atoms with van der Waals surface area (Å²) in [6.45, 7) is 14.9. The third-order valence-electron chi connectivity index (χ3n) is 11.6. The largest absolute Gasteiger partial charge is 0.299 e. The summed E-state index contributed by atoms with van der Waals surface area (Å²) in [6, 6.07) is 0. The fourth-order valence-electron chi connectivity index (χ4n) is 9.62. The topological polar surface area (TPSA) is 17.1 Å². The Morgan fingerprint density at radius 2 is 1.63 bits per heavy atom. The Hall–Kier alpha value is -0.330. The average molecular weight is 415 g/mol. The molecule has 1 nitrogen and oxygen atoms in total. The van der Waals surface area contributed by atoms with Gasteiger partial charge in [-0.1, -0.05) is 67.2 Å². The molecular weight excluding hydrogens is 364 g/mol. The highest BCUT2D eigenvalue weighted by molar-refractivity contribution is 5.83. The standard InChI is InChI=1S/C29H50O/c1-7-21(19(2)3)12-11-20(4)23-13-14-24-27-25(15-17-29(23,24)6)28(5)16-9-8-10-22(28)18-26(27)30/h19-25,27H,7-18H2,1-6H3. The van der Waals surface area contributed by atoms with Gasteiger partial charge in [0, 0.05) is 12.3 Å². The minimum Gasteiger partial charge on any atom is -0.299 e. The minimum atomic E-state index is 0.402. The Bertz CT molecular complexity index is 622. The van der Waals surface area contributed by atoms with E-state index in [1.807, 2.05) is 0 Å². The van der Waals surface area contributed by atoms with Crippen molar-refractivity contribution in [3.8, 4) is 0 Å². The van der Waals surface area contributed by atoms with Crippen LogP contribution < -0.4 is 0 Å². The van der Waals surface area contributed by atoms with Crippen LogP contribution in [-0.2, 0) is 4.79 Å². The third kappa shape index (κ3) is 3.63. The summed E-state index contributed by atoms with van der Waals surface area (Å²) < 4.78 is 0. The van der Waals surface area contributed by atoms with Gasteiger partial charge in [-0.15, -0.1) is 0 Å². The molecule has 0 spiro atoms. The van der Waals surface area contributed by atoms with Gasteiger partial charge in [0.05, 0.1) is 0 Å². The first kappa shape index (κ1) is 22.8. The molecule has 4 aliphatic carbocycles. The smallest absolute Gasteiger partial charge is 0.136 e. The summed E-state index contributed by atoms with van der Waals surface area (Å²) in [5, 5.41) is 0. The number of carbonyl (C=O) groups excluding carboxylic acids is 1. The zero-order valence-electron chi connectivity index (χ0n) is 21.0. The molecule has 9 atom stereocenters. The predicted octanol–water partition coefficient (Wildman–Crippen LogP) is 8.31. The number of ketones is 1. The monoisotopic (exact) mass is 414 g/mol. The van der Waals surface area contributed by atoms with E-state index in [9.17, 15) is 4.79 Å². The lowest BCUT2D eigenvalue weighted by Gasteiger charge is -2.60. The van der Waals surface area contributed by atoms with Gasteiger partial charge in [0.1, 0.15) is 5.78 Å². The van der Waals surface area contributed by atoms with E-state index in [-0.39, 0.29) is 0 Å². The van der Waals surface area contributed by atoms with Crippen molar-refractivity contribution in [2.24, 2.45) is 58.2 Å². The molecule has 0 heterocycles. The molecule has 0 bridgehead atoms. The van der Waals surface area contributed by atoms with E-state index in [2.05, 4.69) is 41.5 Å². The van der Waals surface area contributed by atoms with Gasteiger partial charge in [-0.25, -0.2) is 0 Å². The van der Waals surface area contributed by atoms with Crippen LogP contribution in [0.4, 0.5) is 0 Å². The summed E-state index contributed by atoms with van der Waals surface area (Å²) >= 11 is 0. The van der Waals surface area contributed by atoms with Gasteiger partial charge in [0.25, 0.3) is 0 Å². The van der Waals surface area contributed by atoms with Crippen molar-refractivity contribution in [3.05, 3.63) is 0 Å². The van der Waals surface area contributed by atoms with Gasteiger partial charge in [-0.05, 0) is 97.2 Å². The highest BCUT2D eigenvalue weighted by Gasteiger charge is 2.62. The Morgan fingerprint density at radius 3 is 2.33 bits per heavy atom. The summed E-state index contributed by atoms with van der Waals surface area (Å²) in [6.07, 6.45) is 16.0. The number of rotatable bonds is 6. The normalized spacial score (nSPS) is 45.6. The molecule has 4 aliphatic rings. The van der Waals surface area contributed by atoms with E-state index in [0.29, 0.717) is 40.3 Å². The van der Waals surface area contributed by atoms with Crippen molar-refractivity contribution in [2.45, 2.75) is 119 Å². The molecule has 0 N–H and O–H groups in total. The van der Waals surface area contributed by atoms with Gasteiger partial charge >= 0.3 is 0 Å². The van der Waals surface area contributed by atoms with Crippen LogP contribution in [0.2, 0.25) is 0 Å². The molecule has 0 aliphatic heterocycles. The molecule has 172 valence electrons. The predicted molar refractivity (Wildman–Crippen MR) is 127 cm³/mol. The highest BCUT2D eigenvalue weighted by atomic mass is 16.1. The van der Waals surface area contributed by atoms with Crippen molar-refractivity contribution in [2.75, 3.05) is 0 Å². The fraction of sp³-hybridized carbons (Fsp3) is 0.966. The summed E-state index contributed by atoms with van der Waals surface area (Å²) in [7, 11) is 0. The van der Waals surface area contributed by atoms with Crippen LogP contribution in [0, 0.1) is 58.2 Å². The van der Waals surface area contributed by atoms with Crippen LogP contribution in [0.1, 0.15) is 119 Å². The van der Waals surface area contributed by atoms with E-state index in [4.69, 9.17) is 0 Å². The summed E-state index contributed by atoms with van der Waals surface area (Å²) in [4.78, 5) is 13.5. The molecule has 4 saturated carbocycles. The molecule has 0 radical (unpaired) electrons. The maximum atomic E-state index is 13.5. The first-order valence-electron chi connectivity index (χ1n) is 13.7. The Labute approximate surface area is 187 Å². The number of hydrogen-bond donors (Lipinski definition) is 0. The molecule has 30 heavy (non-hydrogen) atoms.